The second kappa shape index (κ2) is 4.66. The Kier molecular flexibility index (Phi) is 4.58. The molecule has 0 radical (unpaired) electrons. The van der Waals surface area contributed by atoms with E-state index in [0.29, 0.717) is 0 Å². The Bertz CT molecular complexity index is 183. The standard InChI is InChI=1S/C5H12O5S/c1-5(6)4-10-2-3-11(7,8)9/h5-6H,2-4H2,1H3,(H,7,8,9). The summed E-state index contributed by atoms with van der Waals surface area (Å²) in [6, 6.07) is 0. The van der Waals surface area contributed by atoms with Crippen molar-refractivity contribution in [2.45, 2.75) is 13.0 Å². The molecule has 6 heteroatoms. The van der Waals surface area contributed by atoms with Gasteiger partial charge in [0, 0.05) is 0 Å². The first-order valence-corrected chi connectivity index (χ1v) is 4.73. The van der Waals surface area contributed by atoms with E-state index in [1.165, 1.54) is 6.92 Å². The van der Waals surface area contributed by atoms with Gasteiger partial charge in [0.2, 0.25) is 0 Å². The molecule has 0 aliphatic carbocycles. The lowest BCUT2D eigenvalue weighted by atomic mass is 10.4. The summed E-state index contributed by atoms with van der Waals surface area (Å²) in [6.45, 7) is 1.51. The van der Waals surface area contributed by atoms with Crippen LogP contribution in [0.4, 0.5) is 0 Å². The number of ether oxygens (including phenoxy) is 1. The van der Waals surface area contributed by atoms with Gasteiger partial charge in [0.15, 0.2) is 0 Å². The van der Waals surface area contributed by atoms with Gasteiger partial charge in [-0.3, -0.25) is 4.55 Å². The van der Waals surface area contributed by atoms with Crippen LogP contribution in [0.3, 0.4) is 0 Å². The topological polar surface area (TPSA) is 83.8 Å². The Labute approximate surface area is 65.7 Å². The van der Waals surface area contributed by atoms with Crippen molar-refractivity contribution in [1.82, 2.24) is 0 Å². The normalized spacial score (nSPS) is 14.8. The fourth-order valence-corrected chi connectivity index (χ4v) is 0.747. The molecule has 1 atom stereocenters. The zero-order chi connectivity index (χ0) is 8.91. The molecule has 1 unspecified atom stereocenters. The van der Waals surface area contributed by atoms with Crippen molar-refractivity contribution >= 4 is 10.1 Å². The van der Waals surface area contributed by atoms with E-state index < -0.39 is 22.0 Å². The molecule has 0 aliphatic heterocycles. The molecule has 0 aromatic heterocycles. The van der Waals surface area contributed by atoms with E-state index in [2.05, 4.69) is 4.74 Å². The van der Waals surface area contributed by atoms with Gasteiger partial charge in [-0.1, -0.05) is 0 Å². The van der Waals surface area contributed by atoms with E-state index >= 15 is 0 Å². The second-order valence-corrected chi connectivity index (χ2v) is 3.78. The van der Waals surface area contributed by atoms with Crippen molar-refractivity contribution in [3.05, 3.63) is 0 Å². The molecule has 5 nitrogen and oxygen atoms in total. The van der Waals surface area contributed by atoms with Gasteiger partial charge >= 0.3 is 0 Å². The molecule has 68 valence electrons. The van der Waals surface area contributed by atoms with Crippen LogP contribution in [0.2, 0.25) is 0 Å². The summed E-state index contributed by atoms with van der Waals surface area (Å²) in [5.74, 6) is -0.431. The fraction of sp³-hybridized carbons (Fsp3) is 1.00. The minimum atomic E-state index is -3.93. The Balaban J connectivity index is 3.30. The van der Waals surface area contributed by atoms with Crippen LogP contribution in [0.1, 0.15) is 6.92 Å². The van der Waals surface area contributed by atoms with Crippen LogP contribution in [-0.2, 0) is 14.9 Å². The van der Waals surface area contributed by atoms with Gasteiger partial charge in [-0.15, -0.1) is 0 Å². The summed E-state index contributed by atoms with van der Waals surface area (Å²) in [5.41, 5.74) is 0. The van der Waals surface area contributed by atoms with Crippen LogP contribution < -0.4 is 0 Å². The van der Waals surface area contributed by atoms with Crippen molar-refractivity contribution in [1.29, 1.82) is 0 Å². The van der Waals surface area contributed by atoms with Crippen LogP contribution in [0.25, 0.3) is 0 Å². The molecule has 0 heterocycles. The maximum atomic E-state index is 10.1. The maximum absolute atomic E-state index is 10.1. The quantitative estimate of drug-likeness (QED) is 0.435. The highest BCUT2D eigenvalue weighted by atomic mass is 32.2. The molecule has 0 spiro atoms. The summed E-state index contributed by atoms with van der Waals surface area (Å²) >= 11 is 0. The summed E-state index contributed by atoms with van der Waals surface area (Å²) in [6.07, 6.45) is -0.614. The molecule has 0 amide bonds. The highest BCUT2D eigenvalue weighted by Crippen LogP contribution is 1.86. The van der Waals surface area contributed by atoms with Crippen molar-refractivity contribution in [3.63, 3.8) is 0 Å². The largest absolute Gasteiger partial charge is 0.391 e. The van der Waals surface area contributed by atoms with Crippen molar-refractivity contribution < 1.29 is 22.8 Å². The molecule has 2 N–H and O–H groups in total. The summed E-state index contributed by atoms with van der Waals surface area (Å²) in [7, 11) is -3.93. The van der Waals surface area contributed by atoms with Crippen LogP contribution in [0, 0.1) is 0 Å². The van der Waals surface area contributed by atoms with Gasteiger partial charge in [0.25, 0.3) is 10.1 Å². The number of aliphatic hydroxyl groups excluding tert-OH is 1. The van der Waals surface area contributed by atoms with Gasteiger partial charge in [0.1, 0.15) is 0 Å². The van der Waals surface area contributed by atoms with E-state index in [1.807, 2.05) is 0 Å². The lowest BCUT2D eigenvalue weighted by Crippen LogP contribution is -2.16. The molecular weight excluding hydrogens is 172 g/mol. The van der Waals surface area contributed by atoms with Crippen LogP contribution in [0.5, 0.6) is 0 Å². The van der Waals surface area contributed by atoms with Gasteiger partial charge in [-0.2, -0.15) is 8.42 Å². The minimum Gasteiger partial charge on any atom is -0.391 e. The molecule has 0 saturated heterocycles. The van der Waals surface area contributed by atoms with Gasteiger partial charge in [0.05, 0.1) is 25.1 Å². The Morgan fingerprint density at radius 1 is 1.55 bits per heavy atom. The van der Waals surface area contributed by atoms with E-state index in [9.17, 15) is 8.42 Å². The predicted octanol–water partition coefficient (Wildman–Crippen LogP) is -0.728. The lowest BCUT2D eigenvalue weighted by Gasteiger charge is -2.03. The monoisotopic (exact) mass is 184 g/mol. The molecule has 0 aromatic carbocycles. The third kappa shape index (κ3) is 9.83. The predicted molar refractivity (Wildman–Crippen MR) is 38.9 cm³/mol. The molecule has 0 bridgehead atoms. The Morgan fingerprint density at radius 2 is 2.09 bits per heavy atom. The number of aliphatic hydroxyl groups is 1. The summed E-state index contributed by atoms with van der Waals surface area (Å²) in [4.78, 5) is 0. The van der Waals surface area contributed by atoms with Gasteiger partial charge in [-0.25, -0.2) is 0 Å². The van der Waals surface area contributed by atoms with Gasteiger partial charge in [-0.05, 0) is 6.92 Å². The highest BCUT2D eigenvalue weighted by Gasteiger charge is 2.03. The minimum absolute atomic E-state index is 0.0789. The number of hydrogen-bond donors (Lipinski definition) is 2. The first kappa shape index (κ1) is 10.8. The molecule has 0 fully saturated rings. The van der Waals surface area contributed by atoms with Crippen molar-refractivity contribution in [2.75, 3.05) is 19.0 Å². The fourth-order valence-electron chi connectivity index (χ4n) is 0.418. The first-order valence-electron chi connectivity index (χ1n) is 3.13. The van der Waals surface area contributed by atoms with Crippen molar-refractivity contribution in [2.24, 2.45) is 0 Å². The van der Waals surface area contributed by atoms with E-state index in [1.54, 1.807) is 0 Å². The SMILES string of the molecule is CC(O)COCCS(=O)(=O)O. The molecular formula is C5H12O5S. The third-order valence-corrected chi connectivity index (χ3v) is 1.53. The van der Waals surface area contributed by atoms with Gasteiger partial charge < -0.3 is 9.84 Å². The molecule has 11 heavy (non-hydrogen) atoms. The zero-order valence-electron chi connectivity index (χ0n) is 6.23. The molecule has 0 aliphatic rings. The third-order valence-electron chi connectivity index (χ3n) is 0.845. The van der Waals surface area contributed by atoms with E-state index in [4.69, 9.17) is 9.66 Å². The smallest absolute Gasteiger partial charge is 0.267 e. The summed E-state index contributed by atoms with van der Waals surface area (Å²) < 4.78 is 33.1. The van der Waals surface area contributed by atoms with Crippen LogP contribution >= 0.6 is 0 Å². The summed E-state index contributed by atoms with van der Waals surface area (Å²) in [5, 5.41) is 8.64. The number of rotatable bonds is 5. The lowest BCUT2D eigenvalue weighted by molar-refractivity contribution is 0.0531. The number of hydrogen-bond acceptors (Lipinski definition) is 4. The first-order chi connectivity index (χ1) is 4.92. The Morgan fingerprint density at radius 3 is 2.45 bits per heavy atom. The van der Waals surface area contributed by atoms with Crippen LogP contribution in [0.15, 0.2) is 0 Å². The highest BCUT2D eigenvalue weighted by molar-refractivity contribution is 7.85. The van der Waals surface area contributed by atoms with E-state index in [0.717, 1.165) is 0 Å². The average molecular weight is 184 g/mol. The molecule has 0 rings (SSSR count). The zero-order valence-corrected chi connectivity index (χ0v) is 7.04. The molecule has 0 aromatic rings. The molecule has 0 saturated carbocycles. The Hall–Kier alpha value is -0.170. The van der Waals surface area contributed by atoms with Crippen LogP contribution in [-0.4, -0.2) is 43.1 Å². The van der Waals surface area contributed by atoms with E-state index in [-0.39, 0.29) is 13.2 Å². The maximum Gasteiger partial charge on any atom is 0.267 e. The van der Waals surface area contributed by atoms with Crippen molar-refractivity contribution in [3.8, 4) is 0 Å². The second-order valence-electron chi connectivity index (χ2n) is 2.21. The average Bonchev–Trinajstić information content (AvgIpc) is 1.78.